The second-order valence-corrected chi connectivity index (χ2v) is 8.05. The lowest BCUT2D eigenvalue weighted by Gasteiger charge is -2.32. The summed E-state index contributed by atoms with van der Waals surface area (Å²) in [6.45, 7) is 5.11. The van der Waals surface area contributed by atoms with E-state index >= 15 is 0 Å². The molecule has 10 heteroatoms. The maximum absolute atomic E-state index is 12.6. The van der Waals surface area contributed by atoms with Crippen LogP contribution in [-0.2, 0) is 0 Å². The molecule has 1 saturated heterocycles. The minimum atomic E-state index is -0.0532. The zero-order valence-electron chi connectivity index (χ0n) is 16.6. The summed E-state index contributed by atoms with van der Waals surface area (Å²) < 4.78 is 9.74. The number of carbonyl (C=O) groups excluding carboxylic acids is 1. The van der Waals surface area contributed by atoms with E-state index < -0.39 is 0 Å². The van der Waals surface area contributed by atoms with Crippen LogP contribution in [0.1, 0.15) is 16.2 Å². The second-order valence-electron chi connectivity index (χ2n) is 7.30. The van der Waals surface area contributed by atoms with Gasteiger partial charge >= 0.3 is 0 Å². The van der Waals surface area contributed by atoms with Crippen molar-refractivity contribution in [3.8, 4) is 22.8 Å². The van der Waals surface area contributed by atoms with Crippen molar-refractivity contribution in [2.75, 3.05) is 33.2 Å². The van der Waals surface area contributed by atoms with E-state index in [1.54, 1.807) is 24.5 Å². The molecule has 0 spiro atoms. The third-order valence-corrected chi connectivity index (χ3v) is 6.08. The molecule has 0 radical (unpaired) electrons. The van der Waals surface area contributed by atoms with Gasteiger partial charge in [0, 0.05) is 49.5 Å². The normalized spacial score (nSPS) is 15.1. The fourth-order valence-corrected chi connectivity index (χ4v) is 4.07. The van der Waals surface area contributed by atoms with Crippen LogP contribution in [0.15, 0.2) is 35.1 Å². The number of aryl methyl sites for hydroxylation is 1. The van der Waals surface area contributed by atoms with Crippen LogP contribution in [-0.4, -0.2) is 73.4 Å². The van der Waals surface area contributed by atoms with Gasteiger partial charge in [-0.05, 0) is 43.7 Å². The minimum absolute atomic E-state index is 0.0532. The van der Waals surface area contributed by atoms with Crippen LogP contribution < -0.4 is 0 Å². The zero-order valence-corrected chi connectivity index (χ0v) is 17.4. The van der Waals surface area contributed by atoms with E-state index in [0.717, 1.165) is 34.6 Å². The monoisotopic (exact) mass is 421 g/mol. The van der Waals surface area contributed by atoms with Gasteiger partial charge in [-0.1, -0.05) is 5.16 Å². The average molecular weight is 421 g/mol. The van der Waals surface area contributed by atoms with Crippen molar-refractivity contribution in [2.24, 2.45) is 0 Å². The lowest BCUT2D eigenvalue weighted by atomic mass is 10.2. The fourth-order valence-electron chi connectivity index (χ4n) is 3.34. The lowest BCUT2D eigenvalue weighted by Crippen LogP contribution is -2.47. The first-order valence-corrected chi connectivity index (χ1v) is 10.4. The number of fused-ring (bicyclic) bond motifs is 1. The summed E-state index contributed by atoms with van der Waals surface area (Å²) in [5.41, 5.74) is 2.76. The number of nitrogens with zero attached hydrogens (tertiary/aromatic N) is 7. The van der Waals surface area contributed by atoms with Gasteiger partial charge in [-0.25, -0.2) is 4.98 Å². The van der Waals surface area contributed by atoms with E-state index in [1.807, 2.05) is 17.9 Å². The van der Waals surface area contributed by atoms with E-state index in [-0.39, 0.29) is 5.91 Å². The average Bonchev–Trinajstić information content (AvgIpc) is 3.41. The first-order valence-electron chi connectivity index (χ1n) is 9.59. The quantitative estimate of drug-likeness (QED) is 0.497. The molecule has 1 aliphatic heterocycles. The third-order valence-electron chi connectivity index (χ3n) is 5.21. The number of carbonyl (C=O) groups is 1. The van der Waals surface area contributed by atoms with Crippen molar-refractivity contribution in [1.29, 1.82) is 0 Å². The number of hydrogen-bond donors (Lipinski definition) is 0. The predicted molar refractivity (Wildman–Crippen MR) is 112 cm³/mol. The highest BCUT2D eigenvalue weighted by Gasteiger charge is 2.21. The molecule has 5 heterocycles. The molecule has 0 saturated carbocycles. The molecular formula is C20H19N7O2S. The molecular weight excluding hydrogens is 402 g/mol. The van der Waals surface area contributed by atoms with Crippen LogP contribution in [0.25, 0.3) is 33.1 Å². The molecule has 9 nitrogen and oxygen atoms in total. The van der Waals surface area contributed by atoms with Gasteiger partial charge < -0.3 is 14.3 Å². The highest BCUT2D eigenvalue weighted by Crippen LogP contribution is 2.27. The fraction of sp³-hybridized carbons (Fsp3) is 0.300. The van der Waals surface area contributed by atoms with Crippen molar-refractivity contribution < 1.29 is 9.32 Å². The third kappa shape index (κ3) is 3.44. The molecule has 4 aromatic heterocycles. The van der Waals surface area contributed by atoms with Crippen molar-refractivity contribution in [3.63, 3.8) is 0 Å². The first kappa shape index (κ1) is 18.8. The molecule has 0 bridgehead atoms. The summed E-state index contributed by atoms with van der Waals surface area (Å²) in [4.78, 5) is 30.8. The number of aromatic nitrogens is 5. The van der Waals surface area contributed by atoms with E-state index in [1.165, 1.54) is 11.5 Å². The number of hydrogen-bond acceptors (Lipinski definition) is 9. The SMILES string of the molecule is Cc1nsc2ncc(-c3nc(-c4ccc(C(=O)N5CCN(C)CC5)nc4)no3)cc12. The Hall–Kier alpha value is -3.24. The zero-order chi connectivity index (χ0) is 20.7. The van der Waals surface area contributed by atoms with Crippen LogP contribution in [0.2, 0.25) is 0 Å². The van der Waals surface area contributed by atoms with E-state index in [0.29, 0.717) is 36.1 Å². The van der Waals surface area contributed by atoms with E-state index in [4.69, 9.17) is 4.52 Å². The van der Waals surface area contributed by atoms with Gasteiger partial charge in [-0.15, -0.1) is 0 Å². The molecule has 1 fully saturated rings. The van der Waals surface area contributed by atoms with E-state index in [2.05, 4.69) is 36.4 Å². The number of likely N-dealkylation sites (N-methyl/N-ethyl adjacent to an activating group) is 1. The number of rotatable bonds is 3. The maximum Gasteiger partial charge on any atom is 0.272 e. The Balaban J connectivity index is 1.35. The first-order chi connectivity index (χ1) is 14.6. The largest absolute Gasteiger partial charge is 0.335 e. The number of piperazine rings is 1. The molecule has 0 unspecified atom stereocenters. The molecule has 30 heavy (non-hydrogen) atoms. The molecule has 152 valence electrons. The Morgan fingerprint density at radius 3 is 2.67 bits per heavy atom. The van der Waals surface area contributed by atoms with Crippen molar-refractivity contribution in [2.45, 2.75) is 6.92 Å². The molecule has 0 atom stereocenters. The molecule has 5 rings (SSSR count). The van der Waals surface area contributed by atoms with Gasteiger partial charge in [-0.2, -0.15) is 9.36 Å². The maximum atomic E-state index is 12.6. The highest BCUT2D eigenvalue weighted by atomic mass is 32.1. The Morgan fingerprint density at radius 1 is 1.10 bits per heavy atom. The Labute approximate surface area is 176 Å². The standard InChI is InChI=1S/C20H19N7O2S/c1-12-15-9-14(11-22-19(15)30-25-12)18-23-17(24-29-18)13-3-4-16(21-10-13)20(28)27-7-5-26(2)6-8-27/h3-4,9-11H,5-8H2,1-2H3. The number of pyridine rings is 2. The van der Waals surface area contributed by atoms with Crippen LogP contribution >= 0.6 is 11.5 Å². The van der Waals surface area contributed by atoms with E-state index in [9.17, 15) is 4.79 Å². The highest BCUT2D eigenvalue weighted by molar-refractivity contribution is 7.12. The van der Waals surface area contributed by atoms with Gasteiger partial charge in [0.2, 0.25) is 5.82 Å². The summed E-state index contributed by atoms with van der Waals surface area (Å²) in [5.74, 6) is 0.738. The Bertz CT molecular complexity index is 1210. The topological polar surface area (TPSA) is 101 Å². The molecule has 1 aliphatic rings. The smallest absolute Gasteiger partial charge is 0.272 e. The summed E-state index contributed by atoms with van der Waals surface area (Å²) in [6, 6.07) is 5.45. The van der Waals surface area contributed by atoms with Gasteiger partial charge in [0.05, 0.1) is 11.3 Å². The Morgan fingerprint density at radius 2 is 1.90 bits per heavy atom. The lowest BCUT2D eigenvalue weighted by molar-refractivity contribution is 0.0658. The van der Waals surface area contributed by atoms with Crippen molar-refractivity contribution in [1.82, 2.24) is 34.3 Å². The van der Waals surface area contributed by atoms with Gasteiger partial charge in [0.25, 0.3) is 11.8 Å². The summed E-state index contributed by atoms with van der Waals surface area (Å²) in [7, 11) is 2.06. The Kier molecular flexibility index (Phi) is 4.72. The predicted octanol–water partition coefficient (Wildman–Crippen LogP) is 2.50. The van der Waals surface area contributed by atoms with Gasteiger partial charge in [-0.3, -0.25) is 9.78 Å². The summed E-state index contributed by atoms with van der Waals surface area (Å²) in [6.07, 6.45) is 3.31. The van der Waals surface area contributed by atoms with Crippen LogP contribution in [0.3, 0.4) is 0 Å². The summed E-state index contributed by atoms with van der Waals surface area (Å²) in [5, 5.41) is 5.04. The van der Waals surface area contributed by atoms with Crippen LogP contribution in [0.4, 0.5) is 0 Å². The molecule has 0 N–H and O–H groups in total. The molecule has 1 amide bonds. The number of amides is 1. The minimum Gasteiger partial charge on any atom is -0.335 e. The van der Waals surface area contributed by atoms with Gasteiger partial charge in [0.15, 0.2) is 0 Å². The second kappa shape index (κ2) is 7.54. The van der Waals surface area contributed by atoms with Gasteiger partial charge in [0.1, 0.15) is 10.5 Å². The van der Waals surface area contributed by atoms with Crippen LogP contribution in [0.5, 0.6) is 0 Å². The van der Waals surface area contributed by atoms with Crippen LogP contribution in [0, 0.1) is 6.92 Å². The molecule has 0 aromatic carbocycles. The van der Waals surface area contributed by atoms with Crippen molar-refractivity contribution in [3.05, 3.63) is 42.0 Å². The summed E-state index contributed by atoms with van der Waals surface area (Å²) >= 11 is 1.36. The molecule has 0 aliphatic carbocycles. The van der Waals surface area contributed by atoms with Crippen molar-refractivity contribution >= 4 is 27.7 Å². The molecule has 4 aromatic rings.